The third-order valence-electron chi connectivity index (χ3n) is 2.81. The lowest BCUT2D eigenvalue weighted by atomic mass is 10.1. The Morgan fingerprint density at radius 3 is 2.60 bits per heavy atom. The summed E-state index contributed by atoms with van der Waals surface area (Å²) in [5, 5.41) is 2.84. The molecule has 0 radical (unpaired) electrons. The first-order valence-corrected chi connectivity index (χ1v) is 6.96. The zero-order chi connectivity index (χ0) is 15.2. The van der Waals surface area contributed by atoms with E-state index in [0.717, 1.165) is 12.1 Å². The summed E-state index contributed by atoms with van der Waals surface area (Å²) in [6.07, 6.45) is 0.932. The van der Waals surface area contributed by atoms with Gasteiger partial charge >= 0.3 is 0 Å². The third-order valence-corrected chi connectivity index (χ3v) is 2.81. The summed E-state index contributed by atoms with van der Waals surface area (Å²) in [7, 11) is 0. The number of rotatable bonds is 7. The molecule has 5 heteroatoms. The highest BCUT2D eigenvalue weighted by Crippen LogP contribution is 2.20. The predicted octanol–water partition coefficient (Wildman–Crippen LogP) is 2.93. The van der Waals surface area contributed by atoms with Crippen molar-refractivity contribution in [2.24, 2.45) is 0 Å². The molecule has 0 unspecified atom stereocenters. The van der Waals surface area contributed by atoms with Crippen LogP contribution in [0.5, 0.6) is 5.88 Å². The van der Waals surface area contributed by atoms with Crippen LogP contribution in [-0.4, -0.2) is 29.7 Å². The summed E-state index contributed by atoms with van der Waals surface area (Å²) in [5.74, 6) is 0.387. The van der Waals surface area contributed by atoms with Crippen LogP contribution in [-0.2, 0) is 9.53 Å². The molecule has 1 amide bonds. The van der Waals surface area contributed by atoms with Gasteiger partial charge in [0.25, 0.3) is 5.91 Å². The van der Waals surface area contributed by atoms with Gasteiger partial charge in [0.15, 0.2) is 0 Å². The quantitative estimate of drug-likeness (QED) is 0.834. The van der Waals surface area contributed by atoms with Crippen molar-refractivity contribution in [2.75, 3.05) is 18.5 Å². The van der Waals surface area contributed by atoms with E-state index in [1.807, 2.05) is 20.8 Å². The minimum absolute atomic E-state index is 0.188. The number of hydrogen-bond acceptors (Lipinski definition) is 4. The molecule has 1 aromatic heterocycles. The zero-order valence-corrected chi connectivity index (χ0v) is 12.9. The second kappa shape index (κ2) is 7.24. The number of nitrogens with one attached hydrogen (secondary N) is 1. The molecule has 0 bridgehead atoms. The van der Waals surface area contributed by atoms with E-state index in [1.165, 1.54) is 0 Å². The van der Waals surface area contributed by atoms with Gasteiger partial charge in [0.2, 0.25) is 5.88 Å². The molecule has 0 fully saturated rings. The number of carbonyl (C=O) groups excluding carboxylic acids is 1. The normalized spacial score (nSPS) is 11.2. The number of carbonyl (C=O) groups is 1. The molecule has 112 valence electrons. The lowest BCUT2D eigenvalue weighted by molar-refractivity contribution is -0.136. The van der Waals surface area contributed by atoms with Gasteiger partial charge in [-0.15, -0.1) is 0 Å². The average molecular weight is 280 g/mol. The Kier molecular flexibility index (Phi) is 5.95. The molecule has 0 aliphatic rings. The Morgan fingerprint density at radius 2 is 2.05 bits per heavy atom. The summed E-state index contributed by atoms with van der Waals surface area (Å²) in [5.41, 5.74) is 0.532. The average Bonchev–Trinajstić information content (AvgIpc) is 2.39. The summed E-state index contributed by atoms with van der Waals surface area (Å²) >= 11 is 0. The molecule has 1 heterocycles. The van der Waals surface area contributed by atoms with Gasteiger partial charge in [-0.2, -0.15) is 0 Å². The topological polar surface area (TPSA) is 60.5 Å². The van der Waals surface area contributed by atoms with Crippen LogP contribution in [0, 0.1) is 6.92 Å². The molecular formula is C15H24N2O3. The first-order valence-electron chi connectivity index (χ1n) is 6.96. The van der Waals surface area contributed by atoms with Crippen LogP contribution in [0.1, 0.15) is 39.8 Å². The molecule has 5 nitrogen and oxygen atoms in total. The molecule has 0 atom stereocenters. The molecule has 0 saturated heterocycles. The van der Waals surface area contributed by atoms with E-state index >= 15 is 0 Å². The van der Waals surface area contributed by atoms with E-state index in [2.05, 4.69) is 10.3 Å². The number of anilines is 1. The maximum absolute atomic E-state index is 12.1. The number of amides is 1. The van der Waals surface area contributed by atoms with Gasteiger partial charge in [-0.3, -0.25) is 4.79 Å². The molecule has 20 heavy (non-hydrogen) atoms. The highest BCUT2D eigenvalue weighted by molar-refractivity contribution is 5.97. The second-order valence-corrected chi connectivity index (χ2v) is 5.03. The highest BCUT2D eigenvalue weighted by atomic mass is 16.5. The molecule has 1 N–H and O–H groups in total. The lowest BCUT2D eigenvalue weighted by Gasteiger charge is -2.23. The fourth-order valence-corrected chi connectivity index (χ4v) is 1.66. The van der Waals surface area contributed by atoms with E-state index in [1.54, 1.807) is 26.0 Å². The predicted molar refractivity (Wildman–Crippen MR) is 79.1 cm³/mol. The Morgan fingerprint density at radius 1 is 1.35 bits per heavy atom. The van der Waals surface area contributed by atoms with E-state index in [9.17, 15) is 4.79 Å². The number of pyridine rings is 1. The van der Waals surface area contributed by atoms with Crippen LogP contribution in [0.4, 0.5) is 5.69 Å². The monoisotopic (exact) mass is 280 g/mol. The summed E-state index contributed by atoms with van der Waals surface area (Å²) in [6.45, 7) is 10.3. The number of aromatic nitrogens is 1. The van der Waals surface area contributed by atoms with Gasteiger partial charge in [0, 0.05) is 12.7 Å². The van der Waals surface area contributed by atoms with E-state index < -0.39 is 5.60 Å². The number of ether oxygens (including phenoxy) is 2. The maximum Gasteiger partial charge on any atom is 0.256 e. The Balaban J connectivity index is 2.75. The second-order valence-electron chi connectivity index (χ2n) is 5.03. The van der Waals surface area contributed by atoms with E-state index in [4.69, 9.17) is 9.47 Å². The minimum Gasteiger partial charge on any atom is -0.478 e. The van der Waals surface area contributed by atoms with Crippen LogP contribution < -0.4 is 10.1 Å². The fourth-order valence-electron chi connectivity index (χ4n) is 1.66. The van der Waals surface area contributed by atoms with Gasteiger partial charge in [0.05, 0.1) is 18.0 Å². The molecule has 0 spiro atoms. The number of nitrogens with zero attached hydrogens (tertiary/aromatic N) is 1. The maximum atomic E-state index is 12.1. The van der Waals surface area contributed by atoms with Gasteiger partial charge in [-0.05, 0) is 40.2 Å². The van der Waals surface area contributed by atoms with Crippen molar-refractivity contribution >= 4 is 11.6 Å². The summed E-state index contributed by atoms with van der Waals surface area (Å²) in [6, 6.07) is 3.55. The Bertz CT molecular complexity index is 458. The van der Waals surface area contributed by atoms with Gasteiger partial charge in [-0.25, -0.2) is 4.98 Å². The molecule has 0 aliphatic heterocycles. The molecule has 0 aliphatic carbocycles. The summed E-state index contributed by atoms with van der Waals surface area (Å²) in [4.78, 5) is 16.5. The molecule has 0 saturated carbocycles. The largest absolute Gasteiger partial charge is 0.478 e. The third kappa shape index (κ3) is 4.49. The molecule has 1 aromatic rings. The first kappa shape index (κ1) is 16.4. The van der Waals surface area contributed by atoms with Gasteiger partial charge < -0.3 is 14.8 Å². The zero-order valence-electron chi connectivity index (χ0n) is 12.9. The van der Waals surface area contributed by atoms with Crippen molar-refractivity contribution < 1.29 is 14.3 Å². The van der Waals surface area contributed by atoms with Crippen LogP contribution >= 0.6 is 0 Å². The van der Waals surface area contributed by atoms with Crippen LogP contribution in [0.2, 0.25) is 0 Å². The van der Waals surface area contributed by atoms with Crippen molar-refractivity contribution in [3.8, 4) is 5.88 Å². The van der Waals surface area contributed by atoms with Crippen molar-refractivity contribution in [1.82, 2.24) is 4.98 Å². The molecular weight excluding hydrogens is 256 g/mol. The molecule has 0 aromatic carbocycles. The van der Waals surface area contributed by atoms with Crippen molar-refractivity contribution in [1.29, 1.82) is 0 Å². The summed E-state index contributed by atoms with van der Waals surface area (Å²) < 4.78 is 10.9. The Labute approximate surface area is 120 Å². The standard InChI is InChI=1S/C15H24N2O3/c1-6-10-19-13-9-8-12(11(3)16-13)17-14(18)15(4,5)20-7-2/h8-9H,6-7,10H2,1-5H3,(H,17,18). The smallest absolute Gasteiger partial charge is 0.256 e. The van der Waals surface area contributed by atoms with E-state index in [-0.39, 0.29) is 5.91 Å². The van der Waals surface area contributed by atoms with Crippen molar-refractivity contribution in [2.45, 2.75) is 46.6 Å². The SMILES string of the molecule is CCCOc1ccc(NC(=O)C(C)(C)OCC)c(C)n1. The molecule has 1 rings (SSSR count). The van der Waals surface area contributed by atoms with Crippen molar-refractivity contribution in [3.05, 3.63) is 17.8 Å². The van der Waals surface area contributed by atoms with Gasteiger partial charge in [-0.1, -0.05) is 6.92 Å². The van der Waals surface area contributed by atoms with Gasteiger partial charge in [0.1, 0.15) is 5.60 Å². The Hall–Kier alpha value is -1.62. The highest BCUT2D eigenvalue weighted by Gasteiger charge is 2.28. The van der Waals surface area contributed by atoms with Crippen LogP contribution in [0.3, 0.4) is 0 Å². The van der Waals surface area contributed by atoms with Crippen LogP contribution in [0.15, 0.2) is 12.1 Å². The lowest BCUT2D eigenvalue weighted by Crippen LogP contribution is -2.40. The fraction of sp³-hybridized carbons (Fsp3) is 0.600. The van der Waals surface area contributed by atoms with Crippen molar-refractivity contribution in [3.63, 3.8) is 0 Å². The minimum atomic E-state index is -0.863. The van der Waals surface area contributed by atoms with Crippen LogP contribution in [0.25, 0.3) is 0 Å². The number of hydrogen-bond donors (Lipinski definition) is 1. The van der Waals surface area contributed by atoms with E-state index in [0.29, 0.717) is 24.8 Å². The number of aryl methyl sites for hydroxylation is 1. The first-order chi connectivity index (χ1) is 9.40.